The number of hydrogen-bond acceptors (Lipinski definition) is 3. The summed E-state index contributed by atoms with van der Waals surface area (Å²) in [5.74, 6) is 3.52. The Hall–Kier alpha value is -0.380. The number of hydrogen-bond donors (Lipinski definition) is 3. The molecule has 0 radical (unpaired) electrons. The molecule has 4 aliphatic rings. The van der Waals surface area contributed by atoms with Crippen LogP contribution in [0.2, 0.25) is 0 Å². The average molecular weight is 447 g/mol. The Morgan fingerprint density at radius 1 is 0.906 bits per heavy atom. The molecule has 4 rings (SSSR count). The Morgan fingerprint density at radius 3 is 2.12 bits per heavy atom. The maximum atomic E-state index is 10.8. The van der Waals surface area contributed by atoms with Crippen molar-refractivity contribution >= 4 is 0 Å². The zero-order valence-corrected chi connectivity index (χ0v) is 21.7. The van der Waals surface area contributed by atoms with Gasteiger partial charge in [0.05, 0.1) is 17.8 Å². The lowest BCUT2D eigenvalue weighted by molar-refractivity contribution is -0.183. The standard InChI is InChI=1S/C29H50O3/c1-18(8-13-25(31)27(4,5)32)19-14-16-28(6)20(19)9-10-22-21(28)11-12-23-26(2,3)24(30)15-17-29(22,23)7/h19-25,30-32H,1,8-17H2,2-7H3/t19-,20-,21-,22+,23-,24-,25+,28+,29-/m1/s1. The molecule has 0 aromatic rings. The lowest BCUT2D eigenvalue weighted by Gasteiger charge is -2.65. The van der Waals surface area contributed by atoms with Crippen LogP contribution < -0.4 is 0 Å². The van der Waals surface area contributed by atoms with Crippen molar-refractivity contribution in [1.82, 2.24) is 0 Å². The highest BCUT2D eigenvalue weighted by atomic mass is 16.3. The Bertz CT molecular complexity index is 720. The van der Waals surface area contributed by atoms with E-state index in [-0.39, 0.29) is 11.5 Å². The molecule has 0 unspecified atom stereocenters. The molecule has 0 aromatic heterocycles. The lowest BCUT2D eigenvalue weighted by atomic mass is 9.40. The van der Waals surface area contributed by atoms with Crippen LogP contribution in [-0.4, -0.2) is 33.1 Å². The molecule has 4 aliphatic carbocycles. The van der Waals surface area contributed by atoms with Gasteiger partial charge in [-0.3, -0.25) is 0 Å². The molecule has 0 saturated heterocycles. The predicted octanol–water partition coefficient (Wildman–Crippen LogP) is 6.11. The maximum absolute atomic E-state index is 10.8. The van der Waals surface area contributed by atoms with Crippen LogP contribution >= 0.6 is 0 Å². The van der Waals surface area contributed by atoms with Gasteiger partial charge >= 0.3 is 0 Å². The van der Waals surface area contributed by atoms with Crippen LogP contribution in [0.4, 0.5) is 0 Å². The van der Waals surface area contributed by atoms with Crippen LogP contribution in [0.1, 0.15) is 106 Å². The van der Waals surface area contributed by atoms with Crippen molar-refractivity contribution in [2.45, 2.75) is 124 Å². The van der Waals surface area contributed by atoms with Crippen molar-refractivity contribution in [3.8, 4) is 0 Å². The van der Waals surface area contributed by atoms with Crippen LogP contribution in [0.5, 0.6) is 0 Å². The molecule has 184 valence electrons. The first-order valence-corrected chi connectivity index (χ1v) is 13.5. The summed E-state index contributed by atoms with van der Waals surface area (Å²) in [6, 6.07) is 0. The molecule has 0 spiro atoms. The van der Waals surface area contributed by atoms with Gasteiger partial charge in [-0.15, -0.1) is 0 Å². The van der Waals surface area contributed by atoms with Gasteiger partial charge in [-0.25, -0.2) is 0 Å². The van der Waals surface area contributed by atoms with Crippen LogP contribution in [-0.2, 0) is 0 Å². The first kappa shape index (κ1) is 24.7. The van der Waals surface area contributed by atoms with E-state index in [1.807, 2.05) is 0 Å². The SMILES string of the molecule is C=C(CC[C@H](O)C(C)(C)O)[C@H]1CC[C@@]2(C)[C@@H]1CC[C@H]1[C@H]2CC[C@@H]2C(C)(C)[C@H](O)CC[C@@]21C. The molecule has 32 heavy (non-hydrogen) atoms. The molecule has 0 aromatic carbocycles. The molecule has 0 amide bonds. The Balaban J connectivity index is 1.49. The summed E-state index contributed by atoms with van der Waals surface area (Å²) in [6.45, 7) is 17.7. The van der Waals surface area contributed by atoms with Crippen LogP contribution in [0.3, 0.4) is 0 Å². The van der Waals surface area contributed by atoms with Crippen molar-refractivity contribution in [1.29, 1.82) is 0 Å². The van der Waals surface area contributed by atoms with E-state index < -0.39 is 11.7 Å². The molecule has 0 heterocycles. The van der Waals surface area contributed by atoms with Gasteiger partial charge in [0.15, 0.2) is 0 Å². The van der Waals surface area contributed by atoms with Crippen LogP contribution in [0.25, 0.3) is 0 Å². The summed E-state index contributed by atoms with van der Waals surface area (Å²) in [5.41, 5.74) is 1.06. The monoisotopic (exact) mass is 446 g/mol. The third-order valence-electron chi connectivity index (χ3n) is 11.6. The highest BCUT2D eigenvalue weighted by Crippen LogP contribution is 2.70. The van der Waals surface area contributed by atoms with Crippen molar-refractivity contribution < 1.29 is 15.3 Å². The second-order valence-electron chi connectivity index (χ2n) is 13.9. The smallest absolute Gasteiger partial charge is 0.0849 e. The van der Waals surface area contributed by atoms with Crippen molar-refractivity contribution in [2.75, 3.05) is 0 Å². The van der Waals surface area contributed by atoms with Gasteiger partial charge in [-0.05, 0) is 124 Å². The van der Waals surface area contributed by atoms with Gasteiger partial charge in [0.2, 0.25) is 0 Å². The Morgan fingerprint density at radius 2 is 1.47 bits per heavy atom. The average Bonchev–Trinajstić information content (AvgIpc) is 3.06. The first-order chi connectivity index (χ1) is 14.7. The van der Waals surface area contributed by atoms with E-state index in [1.165, 1.54) is 50.5 Å². The van der Waals surface area contributed by atoms with Gasteiger partial charge in [-0.2, -0.15) is 0 Å². The van der Waals surface area contributed by atoms with E-state index in [0.29, 0.717) is 29.1 Å². The number of aliphatic hydroxyl groups excluding tert-OH is 2. The van der Waals surface area contributed by atoms with Crippen molar-refractivity contribution in [2.24, 2.45) is 45.8 Å². The van der Waals surface area contributed by atoms with E-state index in [0.717, 1.165) is 30.6 Å². The zero-order chi connectivity index (χ0) is 23.7. The topological polar surface area (TPSA) is 60.7 Å². The lowest BCUT2D eigenvalue weighted by Crippen LogP contribution is -2.59. The van der Waals surface area contributed by atoms with Gasteiger partial charge in [0.1, 0.15) is 0 Å². The van der Waals surface area contributed by atoms with Crippen LogP contribution in [0.15, 0.2) is 12.2 Å². The van der Waals surface area contributed by atoms with Gasteiger partial charge in [0.25, 0.3) is 0 Å². The predicted molar refractivity (Wildman–Crippen MR) is 131 cm³/mol. The maximum Gasteiger partial charge on any atom is 0.0849 e. The molecular weight excluding hydrogens is 396 g/mol. The summed E-state index contributed by atoms with van der Waals surface area (Å²) in [7, 11) is 0. The van der Waals surface area contributed by atoms with Crippen molar-refractivity contribution in [3.05, 3.63) is 12.2 Å². The van der Waals surface area contributed by atoms with Gasteiger partial charge in [0, 0.05) is 0 Å². The second-order valence-corrected chi connectivity index (χ2v) is 13.9. The molecule has 4 saturated carbocycles. The normalized spacial score (nSPS) is 46.7. The summed E-state index contributed by atoms with van der Waals surface area (Å²) in [6.07, 6.45) is 10.5. The minimum Gasteiger partial charge on any atom is -0.393 e. The van der Waals surface area contributed by atoms with Gasteiger partial charge in [-0.1, -0.05) is 39.8 Å². The quantitative estimate of drug-likeness (QED) is 0.446. The fraction of sp³-hybridized carbons (Fsp3) is 0.931. The first-order valence-electron chi connectivity index (χ1n) is 13.5. The largest absolute Gasteiger partial charge is 0.393 e. The molecule has 4 fully saturated rings. The molecule has 9 atom stereocenters. The summed E-state index contributed by atoms with van der Waals surface area (Å²) < 4.78 is 0. The number of fused-ring (bicyclic) bond motifs is 5. The van der Waals surface area contributed by atoms with E-state index in [2.05, 4.69) is 34.3 Å². The molecular formula is C29H50O3. The van der Waals surface area contributed by atoms with E-state index in [1.54, 1.807) is 13.8 Å². The third kappa shape index (κ3) is 3.73. The molecule has 3 nitrogen and oxygen atoms in total. The highest BCUT2D eigenvalue weighted by molar-refractivity contribution is 5.17. The summed E-state index contributed by atoms with van der Waals surface area (Å²) >= 11 is 0. The van der Waals surface area contributed by atoms with Crippen molar-refractivity contribution in [3.63, 3.8) is 0 Å². The Labute approximate surface area is 197 Å². The zero-order valence-electron chi connectivity index (χ0n) is 21.7. The molecule has 0 aliphatic heterocycles. The number of rotatable bonds is 5. The number of aliphatic hydroxyl groups is 3. The van der Waals surface area contributed by atoms with E-state index in [4.69, 9.17) is 0 Å². The molecule has 0 bridgehead atoms. The minimum absolute atomic E-state index is 0.0313. The summed E-state index contributed by atoms with van der Waals surface area (Å²) in [4.78, 5) is 0. The Kier molecular flexibility index (Phi) is 6.25. The minimum atomic E-state index is -1.04. The second kappa shape index (κ2) is 8.09. The third-order valence-corrected chi connectivity index (χ3v) is 11.6. The van der Waals surface area contributed by atoms with Gasteiger partial charge < -0.3 is 15.3 Å². The fourth-order valence-corrected chi connectivity index (χ4v) is 9.56. The highest BCUT2D eigenvalue weighted by Gasteiger charge is 2.63. The molecule has 3 heteroatoms. The van der Waals surface area contributed by atoms with E-state index in [9.17, 15) is 15.3 Å². The summed E-state index contributed by atoms with van der Waals surface area (Å²) in [5, 5.41) is 31.2. The van der Waals surface area contributed by atoms with Crippen LogP contribution in [0, 0.1) is 45.8 Å². The van der Waals surface area contributed by atoms with E-state index >= 15 is 0 Å². The fourth-order valence-electron chi connectivity index (χ4n) is 9.56. The molecule has 3 N–H and O–H groups in total. The number of allylic oxidation sites excluding steroid dienone is 1.